The monoisotopic (exact) mass is 379 g/mol. The third-order valence-corrected chi connectivity index (χ3v) is 4.94. The van der Waals surface area contributed by atoms with Crippen molar-refractivity contribution in [1.82, 2.24) is 20.1 Å². The summed E-state index contributed by atoms with van der Waals surface area (Å²) in [5, 5.41) is 8.10. The van der Waals surface area contributed by atoms with Crippen LogP contribution in [-0.4, -0.2) is 59.5 Å². The van der Waals surface area contributed by atoms with E-state index in [1.54, 1.807) is 6.20 Å². The molecule has 1 saturated heterocycles. The molecule has 0 saturated carbocycles. The number of aryl methyl sites for hydroxylation is 1. The van der Waals surface area contributed by atoms with Crippen LogP contribution < -0.4 is 4.90 Å². The molecule has 1 fully saturated rings. The van der Waals surface area contributed by atoms with Crippen molar-refractivity contribution in [2.75, 3.05) is 38.2 Å². The average Bonchev–Trinajstić information content (AvgIpc) is 3.10. The molecule has 1 aliphatic rings. The van der Waals surface area contributed by atoms with Crippen molar-refractivity contribution < 1.29 is 9.15 Å². The molecular formula is C21H25N5O2. The molecule has 28 heavy (non-hydrogen) atoms. The zero-order valence-electron chi connectivity index (χ0n) is 16.3. The van der Waals surface area contributed by atoms with Crippen LogP contribution >= 0.6 is 0 Å². The topological polar surface area (TPSA) is 67.5 Å². The third kappa shape index (κ3) is 4.37. The lowest BCUT2D eigenvalue weighted by atomic mass is 10.2. The summed E-state index contributed by atoms with van der Waals surface area (Å²) in [7, 11) is 2.01. The van der Waals surface area contributed by atoms with E-state index >= 15 is 0 Å². The van der Waals surface area contributed by atoms with Crippen molar-refractivity contribution in [1.29, 1.82) is 0 Å². The van der Waals surface area contributed by atoms with Gasteiger partial charge >= 0.3 is 0 Å². The van der Waals surface area contributed by atoms with E-state index in [1.165, 1.54) is 0 Å². The van der Waals surface area contributed by atoms with Crippen molar-refractivity contribution >= 4 is 5.82 Å². The maximum atomic E-state index is 5.97. The maximum Gasteiger partial charge on any atom is 0.226 e. The molecule has 2 aromatic heterocycles. The number of nitrogens with zero attached hydrogens (tertiary/aromatic N) is 5. The van der Waals surface area contributed by atoms with Gasteiger partial charge in [0.2, 0.25) is 5.89 Å². The van der Waals surface area contributed by atoms with Gasteiger partial charge in [-0.25, -0.2) is 4.98 Å². The Labute approximate surface area is 165 Å². The minimum atomic E-state index is 0.113. The SMILES string of the molecule is Cc1oc(-c2ccccc2)nc1CN1CCOC(CN(C)c2cccnn2)C1. The van der Waals surface area contributed by atoms with Crippen LogP contribution in [0.4, 0.5) is 5.82 Å². The van der Waals surface area contributed by atoms with Gasteiger partial charge in [0.15, 0.2) is 5.82 Å². The summed E-state index contributed by atoms with van der Waals surface area (Å²) in [6.07, 6.45) is 1.79. The standard InChI is InChI=1S/C21H25N5O2/c1-16-19(23-21(28-16)17-7-4-3-5-8-17)15-26-11-12-27-18(14-26)13-25(2)20-9-6-10-22-24-20/h3-10,18H,11-15H2,1-2H3. The van der Waals surface area contributed by atoms with E-state index in [2.05, 4.69) is 20.0 Å². The lowest BCUT2D eigenvalue weighted by Crippen LogP contribution is -2.46. The van der Waals surface area contributed by atoms with Crippen LogP contribution in [-0.2, 0) is 11.3 Å². The first-order valence-corrected chi connectivity index (χ1v) is 9.53. The van der Waals surface area contributed by atoms with Crippen molar-refractivity contribution in [2.24, 2.45) is 0 Å². The molecule has 0 spiro atoms. The van der Waals surface area contributed by atoms with Crippen LogP contribution in [0.3, 0.4) is 0 Å². The summed E-state index contributed by atoms with van der Waals surface area (Å²) in [6.45, 7) is 5.95. The summed E-state index contributed by atoms with van der Waals surface area (Å²) in [5.74, 6) is 2.40. The summed E-state index contributed by atoms with van der Waals surface area (Å²) >= 11 is 0. The molecule has 0 radical (unpaired) electrons. The first-order valence-electron chi connectivity index (χ1n) is 9.53. The molecule has 0 amide bonds. The Balaban J connectivity index is 1.38. The first-order chi connectivity index (χ1) is 13.7. The maximum absolute atomic E-state index is 5.97. The van der Waals surface area contributed by atoms with E-state index in [9.17, 15) is 0 Å². The Bertz CT molecular complexity index is 884. The average molecular weight is 379 g/mol. The number of benzene rings is 1. The molecule has 3 aromatic rings. The summed E-state index contributed by atoms with van der Waals surface area (Å²) in [4.78, 5) is 9.18. The van der Waals surface area contributed by atoms with Gasteiger partial charge in [-0.2, -0.15) is 5.10 Å². The molecule has 7 heteroatoms. The van der Waals surface area contributed by atoms with E-state index in [-0.39, 0.29) is 6.10 Å². The number of oxazole rings is 1. The predicted octanol–water partition coefficient (Wildman–Crippen LogP) is 2.78. The highest BCUT2D eigenvalue weighted by Crippen LogP contribution is 2.23. The Morgan fingerprint density at radius 3 is 2.82 bits per heavy atom. The van der Waals surface area contributed by atoms with Crippen LogP contribution in [0.25, 0.3) is 11.5 Å². The number of ether oxygens (including phenoxy) is 1. The van der Waals surface area contributed by atoms with E-state index < -0.39 is 0 Å². The van der Waals surface area contributed by atoms with Gasteiger partial charge in [0.25, 0.3) is 0 Å². The third-order valence-electron chi connectivity index (χ3n) is 4.94. The van der Waals surface area contributed by atoms with Crippen molar-refractivity contribution in [2.45, 2.75) is 19.6 Å². The highest BCUT2D eigenvalue weighted by atomic mass is 16.5. The van der Waals surface area contributed by atoms with E-state index in [0.29, 0.717) is 12.5 Å². The highest BCUT2D eigenvalue weighted by Gasteiger charge is 2.24. The molecule has 4 rings (SSSR count). The Kier molecular flexibility index (Phi) is 5.64. The summed E-state index contributed by atoms with van der Waals surface area (Å²) in [5.41, 5.74) is 1.99. The molecule has 1 atom stereocenters. The number of hydrogen-bond donors (Lipinski definition) is 0. The smallest absolute Gasteiger partial charge is 0.226 e. The predicted molar refractivity (Wildman–Crippen MR) is 107 cm³/mol. The molecule has 1 unspecified atom stereocenters. The second-order valence-electron chi connectivity index (χ2n) is 7.08. The minimum Gasteiger partial charge on any atom is -0.441 e. The van der Waals surface area contributed by atoms with Gasteiger partial charge < -0.3 is 14.1 Å². The Hall–Kier alpha value is -2.77. The van der Waals surface area contributed by atoms with Crippen molar-refractivity contribution in [3.8, 4) is 11.5 Å². The van der Waals surface area contributed by atoms with Crippen molar-refractivity contribution in [3.63, 3.8) is 0 Å². The fourth-order valence-electron chi connectivity index (χ4n) is 3.42. The van der Waals surface area contributed by atoms with Gasteiger partial charge in [-0.1, -0.05) is 18.2 Å². The molecule has 7 nitrogen and oxygen atoms in total. The van der Waals surface area contributed by atoms with Crippen molar-refractivity contribution in [3.05, 3.63) is 60.1 Å². The van der Waals surface area contributed by atoms with Crippen LogP contribution in [0.2, 0.25) is 0 Å². The Morgan fingerprint density at radius 1 is 1.18 bits per heavy atom. The van der Waals surface area contributed by atoms with Crippen LogP contribution in [0.1, 0.15) is 11.5 Å². The number of hydrogen-bond acceptors (Lipinski definition) is 7. The molecule has 0 aliphatic carbocycles. The van der Waals surface area contributed by atoms with Crippen LogP contribution in [0, 0.1) is 6.92 Å². The fraction of sp³-hybridized carbons (Fsp3) is 0.381. The first kappa shape index (κ1) is 18.6. The summed E-state index contributed by atoms with van der Waals surface area (Å²) in [6, 6.07) is 13.9. The second kappa shape index (κ2) is 8.50. The number of aromatic nitrogens is 3. The number of rotatable bonds is 6. The van der Waals surface area contributed by atoms with Gasteiger partial charge in [-0.15, -0.1) is 5.10 Å². The van der Waals surface area contributed by atoms with Gasteiger partial charge in [0.1, 0.15) is 5.76 Å². The molecule has 3 heterocycles. The molecule has 1 aliphatic heterocycles. The van der Waals surface area contributed by atoms with E-state index in [1.807, 2.05) is 56.4 Å². The lowest BCUT2D eigenvalue weighted by molar-refractivity contribution is -0.0269. The van der Waals surface area contributed by atoms with Gasteiger partial charge in [-0.05, 0) is 31.2 Å². The molecular weight excluding hydrogens is 354 g/mol. The second-order valence-corrected chi connectivity index (χ2v) is 7.08. The fourth-order valence-corrected chi connectivity index (χ4v) is 3.42. The van der Waals surface area contributed by atoms with Gasteiger partial charge in [0, 0.05) is 45.0 Å². The largest absolute Gasteiger partial charge is 0.441 e. The zero-order valence-corrected chi connectivity index (χ0v) is 16.3. The van der Waals surface area contributed by atoms with E-state index in [4.69, 9.17) is 14.1 Å². The highest BCUT2D eigenvalue weighted by molar-refractivity contribution is 5.53. The normalized spacial score (nSPS) is 17.6. The van der Waals surface area contributed by atoms with Crippen LogP contribution in [0.15, 0.2) is 53.1 Å². The molecule has 0 N–H and O–H groups in total. The van der Waals surface area contributed by atoms with Gasteiger partial charge in [-0.3, -0.25) is 4.90 Å². The Morgan fingerprint density at radius 2 is 2.04 bits per heavy atom. The zero-order chi connectivity index (χ0) is 19.3. The van der Waals surface area contributed by atoms with E-state index in [0.717, 1.165) is 49.0 Å². The number of likely N-dealkylation sites (N-methyl/N-ethyl adjacent to an activating group) is 1. The molecule has 1 aromatic carbocycles. The summed E-state index contributed by atoms with van der Waals surface area (Å²) < 4.78 is 11.9. The van der Waals surface area contributed by atoms with Gasteiger partial charge in [0.05, 0.1) is 18.4 Å². The lowest BCUT2D eigenvalue weighted by Gasteiger charge is -2.34. The van der Waals surface area contributed by atoms with Crippen LogP contribution in [0.5, 0.6) is 0 Å². The minimum absolute atomic E-state index is 0.113. The number of anilines is 1. The molecule has 0 bridgehead atoms. The number of morpholine rings is 1. The molecule has 146 valence electrons. The quantitative estimate of drug-likeness (QED) is 0.652.